The van der Waals surface area contributed by atoms with Crippen LogP contribution in [0, 0.1) is 5.82 Å². The Morgan fingerprint density at radius 3 is 2.00 bits per heavy atom. The standard InChI is InChI=1S/C18H20BrF/c1-18(2,3)15-8-6-14(7-9-15)17(19)12-13-4-10-16(20)11-5-13/h4-11,17H,12H2,1-3H3. The van der Waals surface area contributed by atoms with E-state index in [-0.39, 0.29) is 16.1 Å². The van der Waals surface area contributed by atoms with Gasteiger partial charge in [0.25, 0.3) is 0 Å². The summed E-state index contributed by atoms with van der Waals surface area (Å²) in [4.78, 5) is 0.252. The molecule has 0 aliphatic heterocycles. The van der Waals surface area contributed by atoms with Gasteiger partial charge in [-0.15, -0.1) is 0 Å². The first kappa shape index (κ1) is 15.2. The van der Waals surface area contributed by atoms with Crippen LogP contribution in [0.4, 0.5) is 4.39 Å². The van der Waals surface area contributed by atoms with Gasteiger partial charge in [0, 0.05) is 4.83 Å². The fourth-order valence-corrected chi connectivity index (χ4v) is 2.82. The van der Waals surface area contributed by atoms with Crippen molar-refractivity contribution in [1.82, 2.24) is 0 Å². The lowest BCUT2D eigenvalue weighted by Crippen LogP contribution is -2.10. The highest BCUT2D eigenvalue weighted by Crippen LogP contribution is 2.29. The van der Waals surface area contributed by atoms with E-state index in [0.717, 1.165) is 12.0 Å². The van der Waals surface area contributed by atoms with Crippen molar-refractivity contribution in [2.24, 2.45) is 0 Å². The van der Waals surface area contributed by atoms with Gasteiger partial charge in [0.2, 0.25) is 0 Å². The highest BCUT2D eigenvalue weighted by Gasteiger charge is 2.14. The largest absolute Gasteiger partial charge is 0.207 e. The Morgan fingerprint density at radius 1 is 0.950 bits per heavy atom. The molecule has 0 heterocycles. The van der Waals surface area contributed by atoms with Crippen LogP contribution >= 0.6 is 15.9 Å². The fraction of sp³-hybridized carbons (Fsp3) is 0.333. The van der Waals surface area contributed by atoms with Gasteiger partial charge in [-0.2, -0.15) is 0 Å². The molecule has 2 aromatic rings. The molecule has 0 saturated heterocycles. The van der Waals surface area contributed by atoms with Gasteiger partial charge in [0.05, 0.1) is 0 Å². The SMILES string of the molecule is CC(C)(C)c1ccc(C(Br)Cc2ccc(F)cc2)cc1. The summed E-state index contributed by atoms with van der Waals surface area (Å²) in [5.74, 6) is -0.186. The average Bonchev–Trinajstić information content (AvgIpc) is 2.40. The van der Waals surface area contributed by atoms with Crippen molar-refractivity contribution in [3.63, 3.8) is 0 Å². The van der Waals surface area contributed by atoms with E-state index in [1.54, 1.807) is 0 Å². The van der Waals surface area contributed by atoms with Crippen LogP contribution in [0.1, 0.15) is 42.3 Å². The van der Waals surface area contributed by atoms with E-state index < -0.39 is 0 Å². The van der Waals surface area contributed by atoms with E-state index in [1.165, 1.54) is 23.3 Å². The van der Waals surface area contributed by atoms with Gasteiger partial charge in [0.15, 0.2) is 0 Å². The van der Waals surface area contributed by atoms with E-state index in [0.29, 0.717) is 0 Å². The summed E-state index contributed by atoms with van der Waals surface area (Å²) in [5, 5.41) is 0. The molecule has 106 valence electrons. The lowest BCUT2D eigenvalue weighted by atomic mass is 9.86. The minimum atomic E-state index is -0.186. The van der Waals surface area contributed by atoms with Crippen LogP contribution in [0.15, 0.2) is 48.5 Å². The molecular formula is C18H20BrF. The summed E-state index contributed by atoms with van der Waals surface area (Å²) < 4.78 is 12.9. The molecule has 0 fully saturated rings. The molecular weight excluding hydrogens is 315 g/mol. The maximum Gasteiger partial charge on any atom is 0.123 e. The number of hydrogen-bond donors (Lipinski definition) is 0. The first-order valence-electron chi connectivity index (χ1n) is 6.85. The third-order valence-corrected chi connectivity index (χ3v) is 4.32. The van der Waals surface area contributed by atoms with E-state index in [4.69, 9.17) is 0 Å². The van der Waals surface area contributed by atoms with Gasteiger partial charge < -0.3 is 0 Å². The highest BCUT2D eigenvalue weighted by atomic mass is 79.9. The van der Waals surface area contributed by atoms with Crippen LogP contribution in [-0.4, -0.2) is 0 Å². The Balaban J connectivity index is 2.09. The van der Waals surface area contributed by atoms with E-state index >= 15 is 0 Å². The number of halogens is 2. The van der Waals surface area contributed by atoms with Crippen LogP contribution in [0.2, 0.25) is 0 Å². The Labute approximate surface area is 129 Å². The molecule has 0 N–H and O–H groups in total. The predicted molar refractivity (Wildman–Crippen MR) is 86.9 cm³/mol. The lowest BCUT2D eigenvalue weighted by Gasteiger charge is -2.20. The molecule has 2 heteroatoms. The first-order valence-corrected chi connectivity index (χ1v) is 7.77. The van der Waals surface area contributed by atoms with Crippen molar-refractivity contribution >= 4 is 15.9 Å². The molecule has 0 amide bonds. The predicted octanol–water partition coefficient (Wildman–Crippen LogP) is 5.80. The fourth-order valence-electron chi connectivity index (χ4n) is 2.14. The van der Waals surface area contributed by atoms with Gasteiger partial charge in [-0.05, 0) is 40.7 Å². The van der Waals surface area contributed by atoms with Crippen LogP contribution in [0.3, 0.4) is 0 Å². The third-order valence-electron chi connectivity index (χ3n) is 3.47. The Hall–Kier alpha value is -1.15. The van der Waals surface area contributed by atoms with Crippen molar-refractivity contribution in [3.05, 3.63) is 71.0 Å². The zero-order valence-corrected chi connectivity index (χ0v) is 13.7. The molecule has 0 bridgehead atoms. The third kappa shape index (κ3) is 3.92. The van der Waals surface area contributed by atoms with Gasteiger partial charge >= 0.3 is 0 Å². The van der Waals surface area contributed by atoms with E-state index in [9.17, 15) is 4.39 Å². The Kier molecular flexibility index (Phi) is 4.64. The minimum absolute atomic E-state index is 0.178. The molecule has 2 aromatic carbocycles. The second-order valence-electron chi connectivity index (χ2n) is 6.17. The summed E-state index contributed by atoms with van der Waals surface area (Å²) in [5.41, 5.74) is 3.90. The van der Waals surface area contributed by atoms with Crippen molar-refractivity contribution in [3.8, 4) is 0 Å². The number of benzene rings is 2. The van der Waals surface area contributed by atoms with Crippen molar-refractivity contribution in [1.29, 1.82) is 0 Å². The zero-order chi connectivity index (χ0) is 14.8. The molecule has 0 nitrogen and oxygen atoms in total. The highest BCUT2D eigenvalue weighted by molar-refractivity contribution is 9.09. The van der Waals surface area contributed by atoms with Gasteiger partial charge in [-0.25, -0.2) is 4.39 Å². The molecule has 20 heavy (non-hydrogen) atoms. The van der Waals surface area contributed by atoms with Gasteiger partial charge in [0.1, 0.15) is 5.82 Å². The summed E-state index contributed by atoms with van der Waals surface area (Å²) in [6, 6.07) is 15.4. The molecule has 0 aliphatic carbocycles. The molecule has 0 saturated carbocycles. The molecule has 1 unspecified atom stereocenters. The number of hydrogen-bond acceptors (Lipinski definition) is 0. The maximum atomic E-state index is 12.9. The molecule has 1 atom stereocenters. The Bertz CT molecular complexity index is 549. The van der Waals surface area contributed by atoms with Crippen molar-refractivity contribution in [2.45, 2.75) is 37.4 Å². The molecule has 0 spiro atoms. The maximum absolute atomic E-state index is 12.9. The smallest absolute Gasteiger partial charge is 0.123 e. The van der Waals surface area contributed by atoms with Crippen LogP contribution < -0.4 is 0 Å². The number of rotatable bonds is 3. The van der Waals surface area contributed by atoms with Gasteiger partial charge in [-0.1, -0.05) is 73.1 Å². The molecule has 0 radical (unpaired) electrons. The second-order valence-corrected chi connectivity index (χ2v) is 7.28. The average molecular weight is 335 g/mol. The van der Waals surface area contributed by atoms with Crippen LogP contribution in [-0.2, 0) is 11.8 Å². The first-order chi connectivity index (χ1) is 9.36. The molecule has 2 rings (SSSR count). The second kappa shape index (κ2) is 6.09. The normalized spacial score (nSPS) is 13.2. The molecule has 0 aromatic heterocycles. The van der Waals surface area contributed by atoms with Crippen molar-refractivity contribution < 1.29 is 4.39 Å². The quantitative estimate of drug-likeness (QED) is 0.622. The van der Waals surface area contributed by atoms with E-state index in [1.807, 2.05) is 12.1 Å². The lowest BCUT2D eigenvalue weighted by molar-refractivity contribution is 0.590. The number of alkyl halides is 1. The van der Waals surface area contributed by atoms with Gasteiger partial charge in [-0.3, -0.25) is 0 Å². The zero-order valence-electron chi connectivity index (χ0n) is 12.2. The summed E-state index contributed by atoms with van der Waals surface area (Å²) >= 11 is 3.72. The molecule has 0 aliphatic rings. The van der Waals surface area contributed by atoms with Crippen molar-refractivity contribution in [2.75, 3.05) is 0 Å². The minimum Gasteiger partial charge on any atom is -0.207 e. The topological polar surface area (TPSA) is 0 Å². The van der Waals surface area contributed by atoms with E-state index in [2.05, 4.69) is 61.0 Å². The van der Waals surface area contributed by atoms with Crippen LogP contribution in [0.25, 0.3) is 0 Å². The monoisotopic (exact) mass is 334 g/mol. The summed E-state index contributed by atoms with van der Waals surface area (Å²) in [6.07, 6.45) is 0.856. The summed E-state index contributed by atoms with van der Waals surface area (Å²) in [6.45, 7) is 6.64. The van der Waals surface area contributed by atoms with Crippen LogP contribution in [0.5, 0.6) is 0 Å². The Morgan fingerprint density at radius 2 is 1.50 bits per heavy atom. The summed E-state index contributed by atoms with van der Waals surface area (Å²) in [7, 11) is 0.